The van der Waals surface area contributed by atoms with Crippen LogP contribution < -0.4 is 5.32 Å². The summed E-state index contributed by atoms with van der Waals surface area (Å²) in [6.45, 7) is 1.77. The molecule has 1 N–H and O–H groups in total. The van der Waals surface area contributed by atoms with Gasteiger partial charge in [-0.3, -0.25) is 15.1 Å². The van der Waals surface area contributed by atoms with E-state index >= 15 is 0 Å². The van der Waals surface area contributed by atoms with E-state index in [0.29, 0.717) is 22.1 Å². The van der Waals surface area contributed by atoms with Crippen molar-refractivity contribution in [1.29, 1.82) is 0 Å². The number of nitrogens with zero attached hydrogens (tertiary/aromatic N) is 3. The van der Waals surface area contributed by atoms with Crippen molar-refractivity contribution in [3.05, 3.63) is 59.0 Å². The van der Waals surface area contributed by atoms with E-state index in [0.717, 1.165) is 12.1 Å². The van der Waals surface area contributed by atoms with Crippen molar-refractivity contribution >= 4 is 22.4 Å². The summed E-state index contributed by atoms with van der Waals surface area (Å²) in [5.74, 6) is -2.31. The van der Waals surface area contributed by atoms with Crippen LogP contribution >= 0.6 is 11.3 Å². The SMILES string of the molecule is Cc1cnc(C(=O)Nc2nc(-c3ccc(F)c(F)c3)cs2)cn1. The van der Waals surface area contributed by atoms with Crippen LogP contribution in [0.3, 0.4) is 0 Å². The average molecular weight is 332 g/mol. The fourth-order valence-electron chi connectivity index (χ4n) is 1.79. The first-order chi connectivity index (χ1) is 11.0. The van der Waals surface area contributed by atoms with Crippen molar-refractivity contribution < 1.29 is 13.6 Å². The number of amides is 1. The molecule has 5 nitrogen and oxygen atoms in total. The van der Waals surface area contributed by atoms with Gasteiger partial charge >= 0.3 is 0 Å². The molecule has 2 aromatic heterocycles. The lowest BCUT2D eigenvalue weighted by Crippen LogP contribution is -2.13. The molecule has 1 amide bonds. The molecule has 0 unspecified atom stereocenters. The maximum Gasteiger partial charge on any atom is 0.277 e. The lowest BCUT2D eigenvalue weighted by molar-refractivity contribution is 0.102. The molecule has 0 saturated carbocycles. The lowest BCUT2D eigenvalue weighted by Gasteiger charge is -2.01. The van der Waals surface area contributed by atoms with E-state index in [4.69, 9.17) is 0 Å². The van der Waals surface area contributed by atoms with Gasteiger partial charge in [-0.2, -0.15) is 0 Å². The molecule has 1 aromatic carbocycles. The molecule has 0 bridgehead atoms. The molecule has 0 fully saturated rings. The highest BCUT2D eigenvalue weighted by molar-refractivity contribution is 7.14. The Hall–Kier alpha value is -2.74. The van der Waals surface area contributed by atoms with Crippen LogP contribution in [-0.4, -0.2) is 20.9 Å². The van der Waals surface area contributed by atoms with Crippen LogP contribution in [0.15, 0.2) is 36.0 Å². The molecule has 3 rings (SSSR count). The Balaban J connectivity index is 1.77. The van der Waals surface area contributed by atoms with Crippen LogP contribution in [0.1, 0.15) is 16.2 Å². The molecular formula is C15H10F2N4OS. The minimum atomic E-state index is -0.948. The van der Waals surface area contributed by atoms with Gasteiger partial charge in [0.2, 0.25) is 0 Å². The van der Waals surface area contributed by atoms with Crippen LogP contribution in [0, 0.1) is 18.6 Å². The number of aromatic nitrogens is 3. The van der Waals surface area contributed by atoms with Crippen LogP contribution in [-0.2, 0) is 0 Å². The number of benzene rings is 1. The molecule has 0 atom stereocenters. The number of thiazole rings is 1. The van der Waals surface area contributed by atoms with Crippen LogP contribution in [0.4, 0.5) is 13.9 Å². The van der Waals surface area contributed by atoms with Crippen molar-refractivity contribution in [3.63, 3.8) is 0 Å². The first-order valence-corrected chi connectivity index (χ1v) is 7.42. The third-order valence-electron chi connectivity index (χ3n) is 2.95. The van der Waals surface area contributed by atoms with Crippen molar-refractivity contribution in [2.75, 3.05) is 5.32 Å². The van der Waals surface area contributed by atoms with Gasteiger partial charge in [-0.15, -0.1) is 11.3 Å². The van der Waals surface area contributed by atoms with Crippen LogP contribution in [0.5, 0.6) is 0 Å². The fourth-order valence-corrected chi connectivity index (χ4v) is 2.50. The second-order valence-corrected chi connectivity index (χ2v) is 5.52. The Morgan fingerprint density at radius 2 is 2.00 bits per heavy atom. The van der Waals surface area contributed by atoms with E-state index in [1.54, 1.807) is 12.3 Å². The normalized spacial score (nSPS) is 10.6. The monoisotopic (exact) mass is 332 g/mol. The van der Waals surface area contributed by atoms with Crippen LogP contribution in [0.2, 0.25) is 0 Å². The van der Waals surface area contributed by atoms with E-state index in [2.05, 4.69) is 20.3 Å². The van der Waals surface area contributed by atoms with Crippen molar-refractivity contribution in [2.45, 2.75) is 6.92 Å². The Morgan fingerprint density at radius 3 is 2.70 bits per heavy atom. The molecule has 0 saturated heterocycles. The van der Waals surface area contributed by atoms with Gasteiger partial charge in [-0.25, -0.2) is 18.7 Å². The van der Waals surface area contributed by atoms with Gasteiger partial charge in [0.1, 0.15) is 5.69 Å². The van der Waals surface area contributed by atoms with Gasteiger partial charge in [0.25, 0.3) is 5.91 Å². The molecule has 0 radical (unpaired) electrons. The molecule has 116 valence electrons. The number of hydrogen-bond donors (Lipinski definition) is 1. The van der Waals surface area contributed by atoms with Gasteiger partial charge in [0.05, 0.1) is 17.6 Å². The number of carbonyl (C=O) groups is 1. The summed E-state index contributed by atoms with van der Waals surface area (Å²) in [6, 6.07) is 3.51. The maximum absolute atomic E-state index is 13.3. The lowest BCUT2D eigenvalue weighted by atomic mass is 10.2. The summed E-state index contributed by atoms with van der Waals surface area (Å²) >= 11 is 1.17. The molecule has 0 aliphatic rings. The van der Waals surface area contributed by atoms with Crippen molar-refractivity contribution in [2.24, 2.45) is 0 Å². The highest BCUT2D eigenvalue weighted by Crippen LogP contribution is 2.26. The Kier molecular flexibility index (Phi) is 4.07. The third kappa shape index (κ3) is 3.37. The van der Waals surface area contributed by atoms with Crippen molar-refractivity contribution in [1.82, 2.24) is 15.0 Å². The predicted octanol–water partition coefficient (Wildman–Crippen LogP) is 3.44. The molecule has 0 spiro atoms. The average Bonchev–Trinajstić information content (AvgIpc) is 2.99. The molecule has 23 heavy (non-hydrogen) atoms. The topological polar surface area (TPSA) is 67.8 Å². The largest absolute Gasteiger partial charge is 0.296 e. The first kappa shape index (κ1) is 15.2. The van der Waals surface area contributed by atoms with Gasteiger partial charge < -0.3 is 0 Å². The first-order valence-electron chi connectivity index (χ1n) is 6.54. The highest BCUT2D eigenvalue weighted by atomic mass is 32.1. The zero-order chi connectivity index (χ0) is 16.4. The van der Waals surface area contributed by atoms with E-state index in [1.807, 2.05) is 0 Å². The Morgan fingerprint density at radius 1 is 1.17 bits per heavy atom. The zero-order valence-electron chi connectivity index (χ0n) is 11.9. The number of hydrogen-bond acceptors (Lipinski definition) is 5. The number of nitrogens with one attached hydrogen (secondary N) is 1. The fraction of sp³-hybridized carbons (Fsp3) is 0.0667. The Labute approximate surface area is 134 Å². The van der Waals surface area contributed by atoms with E-state index < -0.39 is 17.5 Å². The molecular weight excluding hydrogens is 322 g/mol. The quantitative estimate of drug-likeness (QED) is 0.798. The summed E-state index contributed by atoms with van der Waals surface area (Å²) in [4.78, 5) is 24.2. The Bertz CT molecular complexity index is 864. The van der Waals surface area contributed by atoms with Gasteiger partial charge in [-0.05, 0) is 25.1 Å². The van der Waals surface area contributed by atoms with E-state index in [1.165, 1.54) is 29.8 Å². The number of halogens is 2. The number of carbonyl (C=O) groups excluding carboxylic acids is 1. The number of rotatable bonds is 3. The molecule has 0 aliphatic heterocycles. The molecule has 8 heteroatoms. The van der Waals surface area contributed by atoms with E-state index in [-0.39, 0.29) is 5.69 Å². The van der Waals surface area contributed by atoms with Crippen LogP contribution in [0.25, 0.3) is 11.3 Å². The molecule has 2 heterocycles. The summed E-state index contributed by atoms with van der Waals surface area (Å²) in [6.07, 6.45) is 2.86. The van der Waals surface area contributed by atoms with Gasteiger partial charge in [0, 0.05) is 17.1 Å². The summed E-state index contributed by atoms with van der Waals surface area (Å²) in [7, 11) is 0. The summed E-state index contributed by atoms with van der Waals surface area (Å²) < 4.78 is 26.2. The van der Waals surface area contributed by atoms with Gasteiger partial charge in [-0.1, -0.05) is 0 Å². The standard InChI is InChI=1S/C15H10F2N4OS/c1-8-5-19-12(6-18-8)14(22)21-15-20-13(7-23-15)9-2-3-10(16)11(17)4-9/h2-7H,1H3,(H,20,21,22). The third-order valence-corrected chi connectivity index (χ3v) is 3.71. The van der Waals surface area contributed by atoms with Gasteiger partial charge in [0.15, 0.2) is 16.8 Å². The maximum atomic E-state index is 13.3. The second kappa shape index (κ2) is 6.17. The second-order valence-electron chi connectivity index (χ2n) is 4.66. The molecule has 3 aromatic rings. The minimum Gasteiger partial charge on any atom is -0.296 e. The van der Waals surface area contributed by atoms with E-state index in [9.17, 15) is 13.6 Å². The minimum absolute atomic E-state index is 0.167. The number of anilines is 1. The predicted molar refractivity (Wildman–Crippen MR) is 82.2 cm³/mol. The zero-order valence-corrected chi connectivity index (χ0v) is 12.7. The number of aryl methyl sites for hydroxylation is 1. The summed E-state index contributed by atoms with van der Waals surface area (Å²) in [5.41, 5.74) is 1.74. The van der Waals surface area contributed by atoms with Crippen molar-refractivity contribution in [3.8, 4) is 11.3 Å². The smallest absolute Gasteiger partial charge is 0.277 e. The highest BCUT2D eigenvalue weighted by Gasteiger charge is 2.12. The summed E-state index contributed by atoms with van der Waals surface area (Å²) in [5, 5.41) is 4.56. The molecule has 0 aliphatic carbocycles.